The highest BCUT2D eigenvalue weighted by Gasteiger charge is 2.08. The van der Waals surface area contributed by atoms with Gasteiger partial charge in [0.2, 0.25) is 5.91 Å². The molecule has 2 aromatic rings. The van der Waals surface area contributed by atoms with Crippen LogP contribution in [0, 0.1) is 0 Å². The Kier molecular flexibility index (Phi) is 8.42. The number of benzene rings is 2. The zero-order valence-corrected chi connectivity index (χ0v) is 14.9. The molecule has 128 valence electrons. The van der Waals surface area contributed by atoms with E-state index in [0.717, 1.165) is 41.3 Å². The van der Waals surface area contributed by atoms with Gasteiger partial charge in [0.05, 0.1) is 0 Å². The third-order valence-electron chi connectivity index (χ3n) is 3.75. The Hall–Kier alpha value is -1.78. The summed E-state index contributed by atoms with van der Waals surface area (Å²) in [5.41, 5.74) is 8.52. The van der Waals surface area contributed by atoms with Gasteiger partial charge in [-0.05, 0) is 36.8 Å². The molecule has 2 aromatic carbocycles. The molecule has 2 rings (SSSR count). The summed E-state index contributed by atoms with van der Waals surface area (Å²) in [6.45, 7) is 0.772. The van der Waals surface area contributed by atoms with E-state index in [1.807, 2.05) is 54.2 Å². The third-order valence-corrected chi connectivity index (χ3v) is 4.82. The highest BCUT2D eigenvalue weighted by molar-refractivity contribution is 7.99. The molecule has 24 heavy (non-hydrogen) atoms. The maximum Gasteiger partial charge on any atom is 0.225 e. The van der Waals surface area contributed by atoms with Crippen molar-refractivity contribution in [2.75, 3.05) is 23.4 Å². The van der Waals surface area contributed by atoms with Crippen molar-refractivity contribution in [3.05, 3.63) is 54.6 Å². The van der Waals surface area contributed by atoms with Crippen LogP contribution in [0.4, 0.5) is 5.69 Å². The second-order valence-corrected chi connectivity index (χ2v) is 6.90. The van der Waals surface area contributed by atoms with E-state index in [1.54, 1.807) is 0 Å². The van der Waals surface area contributed by atoms with E-state index >= 15 is 0 Å². The molecule has 0 spiro atoms. The quantitative estimate of drug-likeness (QED) is 0.623. The van der Waals surface area contributed by atoms with E-state index in [0.29, 0.717) is 6.42 Å². The van der Waals surface area contributed by atoms with Crippen molar-refractivity contribution in [1.29, 1.82) is 0 Å². The number of para-hydroxylation sites is 1. The highest BCUT2D eigenvalue weighted by Crippen LogP contribution is 2.27. The van der Waals surface area contributed by atoms with Gasteiger partial charge in [-0.25, -0.2) is 0 Å². The van der Waals surface area contributed by atoms with Crippen LogP contribution in [0.25, 0.3) is 11.1 Å². The minimum Gasteiger partial charge on any atom is -0.330 e. The van der Waals surface area contributed by atoms with Gasteiger partial charge in [0.1, 0.15) is 0 Å². The van der Waals surface area contributed by atoms with E-state index in [9.17, 15) is 4.79 Å². The fraction of sp³-hybridized carbons (Fsp3) is 0.350. The number of anilines is 1. The largest absolute Gasteiger partial charge is 0.330 e. The molecule has 0 radical (unpaired) electrons. The van der Waals surface area contributed by atoms with Crippen LogP contribution in [0.5, 0.6) is 0 Å². The topological polar surface area (TPSA) is 55.1 Å². The summed E-state index contributed by atoms with van der Waals surface area (Å²) in [5, 5.41) is 3.05. The van der Waals surface area contributed by atoms with Crippen LogP contribution in [0.2, 0.25) is 0 Å². The number of carbonyl (C=O) groups is 1. The first kappa shape index (κ1) is 18.6. The average Bonchev–Trinajstić information content (AvgIpc) is 2.62. The maximum absolute atomic E-state index is 12.2. The summed E-state index contributed by atoms with van der Waals surface area (Å²) < 4.78 is 0. The molecular weight excluding hydrogens is 316 g/mol. The fourth-order valence-corrected chi connectivity index (χ4v) is 3.41. The molecule has 0 fully saturated rings. The first-order valence-corrected chi connectivity index (χ1v) is 9.69. The number of unbranched alkanes of at least 4 members (excludes halogenated alkanes) is 2. The van der Waals surface area contributed by atoms with Gasteiger partial charge in [0.15, 0.2) is 0 Å². The monoisotopic (exact) mass is 342 g/mol. The second kappa shape index (κ2) is 10.9. The van der Waals surface area contributed by atoms with Gasteiger partial charge in [-0.3, -0.25) is 4.79 Å². The van der Waals surface area contributed by atoms with Gasteiger partial charge in [-0.1, -0.05) is 55.0 Å². The van der Waals surface area contributed by atoms with Gasteiger partial charge in [0.25, 0.3) is 0 Å². The van der Waals surface area contributed by atoms with Crippen LogP contribution >= 0.6 is 11.8 Å². The van der Waals surface area contributed by atoms with Crippen molar-refractivity contribution in [2.45, 2.75) is 25.7 Å². The van der Waals surface area contributed by atoms with Crippen LogP contribution in [0.3, 0.4) is 0 Å². The van der Waals surface area contributed by atoms with Gasteiger partial charge < -0.3 is 11.1 Å². The molecule has 0 heterocycles. The summed E-state index contributed by atoms with van der Waals surface area (Å²) in [5.74, 6) is 2.04. The first-order valence-electron chi connectivity index (χ1n) is 8.53. The minimum atomic E-state index is 0.0767. The molecule has 1 amide bonds. The van der Waals surface area contributed by atoms with Gasteiger partial charge in [-0.15, -0.1) is 0 Å². The summed E-state index contributed by atoms with van der Waals surface area (Å²) in [6.07, 6.45) is 4.00. The fourth-order valence-electron chi connectivity index (χ4n) is 2.47. The normalized spacial score (nSPS) is 10.5. The van der Waals surface area contributed by atoms with E-state index in [2.05, 4.69) is 17.4 Å². The summed E-state index contributed by atoms with van der Waals surface area (Å²) in [4.78, 5) is 12.2. The zero-order chi connectivity index (χ0) is 17.0. The zero-order valence-electron chi connectivity index (χ0n) is 14.0. The number of nitrogens with two attached hydrogens (primary N) is 1. The van der Waals surface area contributed by atoms with Crippen LogP contribution in [-0.4, -0.2) is 24.0 Å². The molecule has 0 aliphatic rings. The SMILES string of the molecule is NCCCCCSCCC(=O)Nc1ccccc1-c1ccccc1. The summed E-state index contributed by atoms with van der Waals surface area (Å²) in [7, 11) is 0. The number of thioether (sulfide) groups is 1. The van der Waals surface area contributed by atoms with Crippen LogP contribution in [-0.2, 0) is 4.79 Å². The average molecular weight is 343 g/mol. The molecule has 3 N–H and O–H groups in total. The molecule has 0 atom stereocenters. The molecule has 4 heteroatoms. The number of hydrogen-bond donors (Lipinski definition) is 2. The lowest BCUT2D eigenvalue weighted by Crippen LogP contribution is -2.13. The Bertz CT molecular complexity index is 616. The van der Waals surface area contributed by atoms with Gasteiger partial charge in [0, 0.05) is 23.4 Å². The minimum absolute atomic E-state index is 0.0767. The van der Waals surface area contributed by atoms with Crippen molar-refractivity contribution in [3.8, 4) is 11.1 Å². The Morgan fingerprint density at radius 2 is 1.67 bits per heavy atom. The Labute approximate surface area is 149 Å². The molecule has 0 unspecified atom stereocenters. The Morgan fingerprint density at radius 1 is 0.917 bits per heavy atom. The smallest absolute Gasteiger partial charge is 0.225 e. The number of hydrogen-bond acceptors (Lipinski definition) is 3. The molecule has 0 aromatic heterocycles. The third kappa shape index (κ3) is 6.38. The number of amides is 1. The van der Waals surface area contributed by atoms with Crippen LogP contribution in [0.15, 0.2) is 54.6 Å². The van der Waals surface area contributed by atoms with Crippen LogP contribution in [0.1, 0.15) is 25.7 Å². The van der Waals surface area contributed by atoms with Crippen molar-refractivity contribution in [2.24, 2.45) is 5.73 Å². The lowest BCUT2D eigenvalue weighted by atomic mass is 10.0. The summed E-state index contributed by atoms with van der Waals surface area (Å²) >= 11 is 1.84. The van der Waals surface area contributed by atoms with Crippen molar-refractivity contribution >= 4 is 23.4 Å². The van der Waals surface area contributed by atoms with Crippen LogP contribution < -0.4 is 11.1 Å². The standard InChI is InChI=1S/C20H26N2OS/c21-14-7-2-8-15-24-16-13-20(23)22-19-12-6-5-11-18(19)17-9-3-1-4-10-17/h1,3-6,9-12H,2,7-8,13-16,21H2,(H,22,23). The molecule has 0 aliphatic heterocycles. The lowest BCUT2D eigenvalue weighted by molar-refractivity contribution is -0.115. The molecule has 0 bridgehead atoms. The Balaban J connectivity index is 1.80. The number of nitrogens with one attached hydrogen (secondary N) is 1. The van der Waals surface area contributed by atoms with E-state index in [4.69, 9.17) is 5.73 Å². The number of rotatable bonds is 10. The second-order valence-electron chi connectivity index (χ2n) is 5.67. The Morgan fingerprint density at radius 3 is 2.46 bits per heavy atom. The molecule has 0 aliphatic carbocycles. The molecular formula is C20H26N2OS. The van der Waals surface area contributed by atoms with Crippen molar-refractivity contribution in [3.63, 3.8) is 0 Å². The van der Waals surface area contributed by atoms with Crippen molar-refractivity contribution < 1.29 is 4.79 Å². The first-order chi connectivity index (χ1) is 11.8. The van der Waals surface area contributed by atoms with Crippen molar-refractivity contribution in [1.82, 2.24) is 0 Å². The summed E-state index contributed by atoms with van der Waals surface area (Å²) in [6, 6.07) is 18.1. The van der Waals surface area contributed by atoms with Gasteiger partial charge in [-0.2, -0.15) is 11.8 Å². The lowest BCUT2D eigenvalue weighted by Gasteiger charge is -2.11. The van der Waals surface area contributed by atoms with E-state index in [-0.39, 0.29) is 5.91 Å². The molecule has 0 saturated carbocycles. The molecule has 3 nitrogen and oxygen atoms in total. The van der Waals surface area contributed by atoms with E-state index in [1.165, 1.54) is 12.8 Å². The number of carbonyl (C=O) groups excluding carboxylic acids is 1. The predicted octanol–water partition coefficient (Wildman–Crippen LogP) is 4.54. The maximum atomic E-state index is 12.2. The van der Waals surface area contributed by atoms with Gasteiger partial charge >= 0.3 is 0 Å². The predicted molar refractivity (Wildman–Crippen MR) is 105 cm³/mol. The van der Waals surface area contributed by atoms with E-state index < -0.39 is 0 Å². The highest BCUT2D eigenvalue weighted by atomic mass is 32.2. The molecule has 0 saturated heterocycles.